The summed E-state index contributed by atoms with van der Waals surface area (Å²) in [7, 11) is 2.37. The van der Waals surface area contributed by atoms with Crippen LogP contribution < -0.4 is 9.04 Å². The zero-order valence-electron chi connectivity index (χ0n) is 11.7. The molecule has 0 aliphatic rings. The molecule has 0 saturated carbocycles. The summed E-state index contributed by atoms with van der Waals surface area (Å²) < 4.78 is 48.0. The number of methoxy groups -OCH3 is 2. The van der Waals surface area contributed by atoms with Crippen LogP contribution in [-0.2, 0) is 16.0 Å². The molecule has 0 spiro atoms. The molecule has 2 aromatic rings. The van der Waals surface area contributed by atoms with Gasteiger partial charge in [-0.3, -0.25) is 4.21 Å². The van der Waals surface area contributed by atoms with Crippen LogP contribution in [0.25, 0.3) is 0 Å². The number of hydrogen-bond acceptors (Lipinski definition) is 7. The lowest BCUT2D eigenvalue weighted by molar-refractivity contribution is 0.0595. The SMILES string of the molecule is COC(=O)c1cc(OC)c(N(c2csc(Br)n2)S(=O)[O-])cc1F. The zero-order valence-corrected chi connectivity index (χ0v) is 15.0. The Kier molecular flexibility index (Phi) is 5.68. The van der Waals surface area contributed by atoms with Crippen molar-refractivity contribution in [2.45, 2.75) is 0 Å². The Balaban J connectivity index is 2.62. The standard InChI is InChI=1S/C12H10BrFN2O5S2/c1-20-9-3-6(11(17)21-2)7(14)4-8(9)16(23(18)19)10-5-22-12(13)15-10/h3-5H,1-2H3,(H,18,19)/p-1. The number of esters is 1. The van der Waals surface area contributed by atoms with Crippen molar-refractivity contribution < 1.29 is 27.4 Å². The summed E-state index contributed by atoms with van der Waals surface area (Å²) in [5.74, 6) is -1.82. The van der Waals surface area contributed by atoms with Gasteiger partial charge in [-0.25, -0.2) is 18.5 Å². The molecule has 1 atom stereocenters. The second-order valence-corrected chi connectivity index (χ2v) is 6.90. The first-order valence-corrected chi connectivity index (χ1v) is 8.55. The van der Waals surface area contributed by atoms with Crippen LogP contribution in [-0.4, -0.2) is 33.9 Å². The van der Waals surface area contributed by atoms with E-state index < -0.39 is 23.1 Å². The fourth-order valence-corrected chi connectivity index (χ4v) is 3.33. The molecule has 2 rings (SSSR count). The molecule has 0 fully saturated rings. The number of carbonyl (C=O) groups excluding carboxylic acids is 1. The summed E-state index contributed by atoms with van der Waals surface area (Å²) in [6.07, 6.45) is 0. The Morgan fingerprint density at radius 2 is 2.17 bits per heavy atom. The second kappa shape index (κ2) is 7.34. The maximum atomic E-state index is 14.1. The molecule has 0 aliphatic carbocycles. The third-order valence-corrected chi connectivity index (χ3v) is 4.75. The first-order valence-electron chi connectivity index (χ1n) is 5.85. The van der Waals surface area contributed by atoms with Crippen LogP contribution in [0.5, 0.6) is 5.75 Å². The number of nitrogens with zero attached hydrogens (tertiary/aromatic N) is 2. The van der Waals surface area contributed by atoms with E-state index in [9.17, 15) is 17.9 Å². The van der Waals surface area contributed by atoms with Crippen LogP contribution in [0.1, 0.15) is 10.4 Å². The number of benzene rings is 1. The molecule has 0 aliphatic heterocycles. The molecule has 1 aromatic heterocycles. The molecule has 0 saturated heterocycles. The van der Waals surface area contributed by atoms with Gasteiger partial charge >= 0.3 is 5.97 Å². The van der Waals surface area contributed by atoms with E-state index in [1.54, 1.807) is 0 Å². The summed E-state index contributed by atoms with van der Waals surface area (Å²) in [6.45, 7) is 0. The molecule has 1 heterocycles. The summed E-state index contributed by atoms with van der Waals surface area (Å²) in [6, 6.07) is 1.94. The van der Waals surface area contributed by atoms with Crippen LogP contribution in [0.15, 0.2) is 21.4 Å². The highest BCUT2D eigenvalue weighted by Gasteiger charge is 2.23. The normalized spacial score (nSPS) is 11.9. The highest BCUT2D eigenvalue weighted by atomic mass is 79.9. The quantitative estimate of drug-likeness (QED) is 0.542. The fourth-order valence-electron chi connectivity index (χ4n) is 1.75. The Morgan fingerprint density at radius 3 is 2.65 bits per heavy atom. The molecular formula is C12H9BrFN2O5S2-. The number of halogens is 2. The van der Waals surface area contributed by atoms with E-state index >= 15 is 0 Å². The first-order chi connectivity index (χ1) is 10.9. The minimum atomic E-state index is -2.79. The molecular weight excluding hydrogens is 415 g/mol. The average molecular weight is 424 g/mol. The maximum Gasteiger partial charge on any atom is 0.340 e. The Hall–Kier alpha value is -1.56. The van der Waals surface area contributed by atoms with Gasteiger partial charge in [-0.2, -0.15) is 0 Å². The average Bonchev–Trinajstić information content (AvgIpc) is 2.92. The van der Waals surface area contributed by atoms with Gasteiger partial charge in [-0.05, 0) is 22.0 Å². The highest BCUT2D eigenvalue weighted by molar-refractivity contribution is 9.11. The van der Waals surface area contributed by atoms with E-state index in [2.05, 4.69) is 25.7 Å². The van der Waals surface area contributed by atoms with E-state index in [0.29, 0.717) is 3.92 Å². The van der Waals surface area contributed by atoms with Gasteiger partial charge in [-0.15, -0.1) is 11.3 Å². The Morgan fingerprint density at radius 1 is 1.48 bits per heavy atom. The van der Waals surface area contributed by atoms with Crippen molar-refractivity contribution >= 4 is 56.0 Å². The smallest absolute Gasteiger partial charge is 0.340 e. The van der Waals surface area contributed by atoms with Crippen molar-refractivity contribution in [1.82, 2.24) is 4.98 Å². The first kappa shape index (κ1) is 17.8. The molecule has 0 bridgehead atoms. The van der Waals surface area contributed by atoms with E-state index in [1.807, 2.05) is 0 Å². The Labute approximate surface area is 145 Å². The third-order valence-electron chi connectivity index (χ3n) is 2.71. The van der Waals surface area contributed by atoms with Gasteiger partial charge in [0.2, 0.25) is 0 Å². The molecule has 0 amide bonds. The van der Waals surface area contributed by atoms with Gasteiger partial charge in [0.15, 0.2) is 9.73 Å². The number of rotatable bonds is 5. The predicted molar refractivity (Wildman–Crippen MR) is 85.2 cm³/mol. The monoisotopic (exact) mass is 423 g/mol. The topological polar surface area (TPSA) is 91.8 Å². The van der Waals surface area contributed by atoms with Crippen LogP contribution in [0.4, 0.5) is 15.9 Å². The van der Waals surface area contributed by atoms with Gasteiger partial charge in [-0.1, -0.05) is 0 Å². The molecule has 0 radical (unpaired) electrons. The number of hydrogen-bond donors (Lipinski definition) is 0. The summed E-state index contributed by atoms with van der Waals surface area (Å²) in [5, 5.41) is 1.46. The second-order valence-electron chi connectivity index (χ2n) is 3.97. The summed E-state index contributed by atoms with van der Waals surface area (Å²) in [5.41, 5.74) is -0.493. The number of thiazole rings is 1. The number of carbonyl (C=O) groups is 1. The van der Waals surface area contributed by atoms with E-state index in [0.717, 1.165) is 34.9 Å². The molecule has 1 aromatic carbocycles. The van der Waals surface area contributed by atoms with Crippen molar-refractivity contribution in [3.8, 4) is 5.75 Å². The minimum Gasteiger partial charge on any atom is -0.755 e. The number of aromatic nitrogens is 1. The molecule has 7 nitrogen and oxygen atoms in total. The van der Waals surface area contributed by atoms with Gasteiger partial charge < -0.3 is 14.0 Å². The Bertz CT molecular complexity index is 770. The van der Waals surface area contributed by atoms with Crippen LogP contribution in [0.3, 0.4) is 0 Å². The largest absolute Gasteiger partial charge is 0.755 e. The van der Waals surface area contributed by atoms with Crippen molar-refractivity contribution in [2.24, 2.45) is 0 Å². The van der Waals surface area contributed by atoms with Gasteiger partial charge in [0, 0.05) is 11.4 Å². The minimum absolute atomic E-state index is 0.0277. The van der Waals surface area contributed by atoms with Gasteiger partial charge in [0.1, 0.15) is 17.3 Å². The van der Waals surface area contributed by atoms with Crippen LogP contribution >= 0.6 is 27.3 Å². The lowest BCUT2D eigenvalue weighted by Gasteiger charge is -2.26. The predicted octanol–water partition coefficient (Wildman–Crippen LogP) is 2.77. The van der Waals surface area contributed by atoms with E-state index in [-0.39, 0.29) is 22.8 Å². The molecule has 0 N–H and O–H groups in total. The fraction of sp³-hybridized carbons (Fsp3) is 0.167. The van der Waals surface area contributed by atoms with Crippen molar-refractivity contribution in [3.63, 3.8) is 0 Å². The van der Waals surface area contributed by atoms with Gasteiger partial charge in [0.25, 0.3) is 0 Å². The molecule has 23 heavy (non-hydrogen) atoms. The van der Waals surface area contributed by atoms with Crippen LogP contribution in [0, 0.1) is 5.82 Å². The highest BCUT2D eigenvalue weighted by Crippen LogP contribution is 2.37. The van der Waals surface area contributed by atoms with Crippen molar-refractivity contribution in [2.75, 3.05) is 18.5 Å². The molecule has 11 heteroatoms. The zero-order chi connectivity index (χ0) is 17.1. The third kappa shape index (κ3) is 3.68. The van der Waals surface area contributed by atoms with E-state index in [4.69, 9.17) is 4.74 Å². The summed E-state index contributed by atoms with van der Waals surface area (Å²) >= 11 is 1.49. The van der Waals surface area contributed by atoms with Crippen molar-refractivity contribution in [1.29, 1.82) is 0 Å². The lowest BCUT2D eigenvalue weighted by Crippen LogP contribution is -2.21. The van der Waals surface area contributed by atoms with Gasteiger partial charge in [0.05, 0.1) is 31.0 Å². The number of anilines is 2. The van der Waals surface area contributed by atoms with E-state index in [1.165, 1.54) is 12.5 Å². The van der Waals surface area contributed by atoms with Crippen molar-refractivity contribution in [3.05, 3.63) is 32.8 Å². The lowest BCUT2D eigenvalue weighted by atomic mass is 10.1. The molecule has 1 unspecified atom stereocenters. The molecule has 124 valence electrons. The van der Waals surface area contributed by atoms with Crippen LogP contribution in [0.2, 0.25) is 0 Å². The summed E-state index contributed by atoms with van der Waals surface area (Å²) in [4.78, 5) is 15.5. The maximum absolute atomic E-state index is 14.1. The number of ether oxygens (including phenoxy) is 2.